The number of nitrogens with zero attached hydrogens (tertiary/aromatic N) is 4. The number of hydrogen-bond donors (Lipinski definition) is 1. The Morgan fingerprint density at radius 3 is 2.52 bits per heavy atom. The Bertz CT molecular complexity index is 806. The van der Waals surface area contributed by atoms with E-state index >= 15 is 0 Å². The first kappa shape index (κ1) is 18.7. The molecule has 136 valence electrons. The van der Waals surface area contributed by atoms with E-state index in [1.165, 1.54) is 29.0 Å². The van der Waals surface area contributed by atoms with E-state index < -0.39 is 16.3 Å². The summed E-state index contributed by atoms with van der Waals surface area (Å²) in [5.74, 6) is 0. The van der Waals surface area contributed by atoms with Crippen molar-refractivity contribution in [2.75, 3.05) is 24.4 Å². The normalized spacial score (nSPS) is 11.2. The maximum absolute atomic E-state index is 12.0. The number of carbonyl (C=O) groups is 1. The van der Waals surface area contributed by atoms with Crippen LogP contribution in [0.3, 0.4) is 0 Å². The van der Waals surface area contributed by atoms with Gasteiger partial charge in [-0.05, 0) is 5.56 Å². The number of anilines is 1. The number of aryl methyl sites for hydroxylation is 1. The summed E-state index contributed by atoms with van der Waals surface area (Å²) in [5.41, 5.74) is 1.20. The average Bonchev–Trinajstić information content (AvgIpc) is 2.98. The van der Waals surface area contributed by atoms with Gasteiger partial charge in [-0.2, -0.15) is 13.5 Å². The number of amides is 1. The minimum absolute atomic E-state index is 0.0124. The second-order valence-corrected chi connectivity index (χ2v) is 6.92. The maximum atomic E-state index is 12.0. The van der Waals surface area contributed by atoms with Gasteiger partial charge in [0.15, 0.2) is 0 Å². The number of benzene rings is 1. The molecule has 10 heteroatoms. The van der Waals surface area contributed by atoms with Crippen molar-refractivity contribution in [2.24, 2.45) is 12.2 Å². The molecule has 1 aromatic carbocycles. The first-order chi connectivity index (χ1) is 11.8. The predicted octanol–water partition coefficient (Wildman–Crippen LogP) is 0.699. The van der Waals surface area contributed by atoms with Gasteiger partial charge >= 0.3 is 6.09 Å². The SMILES string of the molecule is CN(CCN(c1cnn(C)c1)S(N)(=O)=O)C(=O)OCc1ccccc1. The molecule has 0 aliphatic rings. The lowest BCUT2D eigenvalue weighted by atomic mass is 10.2. The van der Waals surface area contributed by atoms with Crippen molar-refractivity contribution < 1.29 is 17.9 Å². The molecule has 0 radical (unpaired) electrons. The van der Waals surface area contributed by atoms with Crippen LogP contribution < -0.4 is 9.44 Å². The van der Waals surface area contributed by atoms with Gasteiger partial charge in [-0.3, -0.25) is 8.99 Å². The van der Waals surface area contributed by atoms with Crippen LogP contribution in [0.5, 0.6) is 0 Å². The summed E-state index contributed by atoms with van der Waals surface area (Å²) < 4.78 is 31.2. The molecule has 0 aliphatic carbocycles. The fraction of sp³-hybridized carbons (Fsp3) is 0.333. The molecule has 0 aliphatic heterocycles. The van der Waals surface area contributed by atoms with Gasteiger partial charge in [0, 0.05) is 26.8 Å². The van der Waals surface area contributed by atoms with Crippen molar-refractivity contribution in [1.82, 2.24) is 14.7 Å². The van der Waals surface area contributed by atoms with Gasteiger partial charge in [-0.15, -0.1) is 0 Å². The van der Waals surface area contributed by atoms with Crippen molar-refractivity contribution >= 4 is 22.0 Å². The van der Waals surface area contributed by atoms with Gasteiger partial charge < -0.3 is 9.64 Å². The highest BCUT2D eigenvalue weighted by atomic mass is 32.2. The zero-order valence-electron chi connectivity index (χ0n) is 14.1. The zero-order valence-corrected chi connectivity index (χ0v) is 14.9. The quantitative estimate of drug-likeness (QED) is 0.774. The van der Waals surface area contributed by atoms with E-state index in [0.717, 1.165) is 9.87 Å². The molecule has 9 nitrogen and oxygen atoms in total. The van der Waals surface area contributed by atoms with Crippen LogP contribution >= 0.6 is 0 Å². The van der Waals surface area contributed by atoms with E-state index in [0.29, 0.717) is 5.69 Å². The van der Waals surface area contributed by atoms with Gasteiger partial charge in [-0.25, -0.2) is 9.93 Å². The summed E-state index contributed by atoms with van der Waals surface area (Å²) in [7, 11) is -0.790. The summed E-state index contributed by atoms with van der Waals surface area (Å²) >= 11 is 0. The Hall–Kier alpha value is -2.59. The number of carbonyl (C=O) groups excluding carboxylic acids is 1. The van der Waals surface area contributed by atoms with Crippen molar-refractivity contribution in [1.29, 1.82) is 0 Å². The van der Waals surface area contributed by atoms with Crippen LogP contribution in [0.2, 0.25) is 0 Å². The number of nitrogens with two attached hydrogens (primary N) is 1. The number of likely N-dealkylation sites (N-methyl/N-ethyl adjacent to an activating group) is 1. The van der Waals surface area contributed by atoms with E-state index in [4.69, 9.17) is 9.88 Å². The molecule has 1 heterocycles. The summed E-state index contributed by atoms with van der Waals surface area (Å²) in [6, 6.07) is 9.27. The number of hydrogen-bond acceptors (Lipinski definition) is 5. The van der Waals surface area contributed by atoms with Gasteiger partial charge in [0.2, 0.25) is 0 Å². The van der Waals surface area contributed by atoms with Gasteiger partial charge in [0.25, 0.3) is 10.2 Å². The van der Waals surface area contributed by atoms with E-state index in [1.807, 2.05) is 30.3 Å². The van der Waals surface area contributed by atoms with Crippen LogP contribution in [0.25, 0.3) is 0 Å². The highest BCUT2D eigenvalue weighted by Gasteiger charge is 2.21. The standard InChI is InChI=1S/C15H21N5O4S/c1-18(15(21)24-12-13-6-4-3-5-7-13)8-9-20(25(16,22)23)14-10-17-19(2)11-14/h3-7,10-11H,8-9,12H2,1-2H3,(H2,16,22,23). The smallest absolute Gasteiger partial charge is 0.409 e. The highest BCUT2D eigenvalue weighted by molar-refractivity contribution is 7.90. The van der Waals surface area contributed by atoms with Crippen LogP contribution in [0.1, 0.15) is 5.56 Å². The lowest BCUT2D eigenvalue weighted by Crippen LogP contribution is -2.42. The fourth-order valence-electron chi connectivity index (χ4n) is 2.10. The molecule has 1 amide bonds. The Labute approximate surface area is 146 Å². The molecule has 25 heavy (non-hydrogen) atoms. The molecule has 0 spiro atoms. The molecule has 0 unspecified atom stereocenters. The number of rotatable bonds is 7. The monoisotopic (exact) mass is 367 g/mol. The zero-order chi connectivity index (χ0) is 18.4. The lowest BCUT2D eigenvalue weighted by molar-refractivity contribution is 0.106. The van der Waals surface area contributed by atoms with Crippen LogP contribution in [0.4, 0.5) is 10.5 Å². The largest absolute Gasteiger partial charge is 0.445 e. The van der Waals surface area contributed by atoms with E-state index in [9.17, 15) is 13.2 Å². The Morgan fingerprint density at radius 2 is 1.96 bits per heavy atom. The molecule has 0 bridgehead atoms. The molecule has 0 fully saturated rings. The number of aromatic nitrogens is 2. The molecule has 2 rings (SSSR count). The molecular formula is C15H21N5O4S. The first-order valence-corrected chi connectivity index (χ1v) is 8.98. The van der Waals surface area contributed by atoms with Crippen LogP contribution in [0.15, 0.2) is 42.7 Å². The lowest BCUT2D eigenvalue weighted by Gasteiger charge is -2.23. The van der Waals surface area contributed by atoms with Crippen molar-refractivity contribution in [3.63, 3.8) is 0 Å². The fourth-order valence-corrected chi connectivity index (χ4v) is 2.83. The minimum Gasteiger partial charge on any atom is -0.445 e. The van der Waals surface area contributed by atoms with Crippen molar-refractivity contribution in [3.05, 3.63) is 48.3 Å². The third kappa shape index (κ3) is 5.47. The number of ether oxygens (including phenoxy) is 1. The Kier molecular flexibility index (Phi) is 5.99. The van der Waals surface area contributed by atoms with Crippen LogP contribution in [-0.2, 0) is 28.6 Å². The summed E-state index contributed by atoms with van der Waals surface area (Å²) in [4.78, 5) is 13.3. The molecular weight excluding hydrogens is 346 g/mol. The second-order valence-electron chi connectivity index (χ2n) is 5.45. The van der Waals surface area contributed by atoms with E-state index in [-0.39, 0.29) is 19.7 Å². The van der Waals surface area contributed by atoms with Crippen molar-refractivity contribution in [3.8, 4) is 0 Å². The first-order valence-electron chi connectivity index (χ1n) is 7.48. The minimum atomic E-state index is -3.98. The third-order valence-corrected chi connectivity index (χ3v) is 4.45. The average molecular weight is 367 g/mol. The molecule has 2 N–H and O–H groups in total. The second kappa shape index (κ2) is 7.99. The molecule has 0 saturated carbocycles. The van der Waals surface area contributed by atoms with Gasteiger partial charge in [0.1, 0.15) is 6.61 Å². The summed E-state index contributed by atoms with van der Waals surface area (Å²) in [5, 5.41) is 9.17. The van der Waals surface area contributed by atoms with E-state index in [1.54, 1.807) is 7.05 Å². The van der Waals surface area contributed by atoms with Crippen LogP contribution in [0, 0.1) is 0 Å². The van der Waals surface area contributed by atoms with Gasteiger partial charge in [-0.1, -0.05) is 30.3 Å². The Balaban J connectivity index is 1.92. The van der Waals surface area contributed by atoms with Gasteiger partial charge in [0.05, 0.1) is 18.4 Å². The highest BCUT2D eigenvalue weighted by Crippen LogP contribution is 2.14. The maximum Gasteiger partial charge on any atom is 0.409 e. The van der Waals surface area contributed by atoms with E-state index in [2.05, 4.69) is 5.10 Å². The molecule has 2 aromatic rings. The molecule has 0 atom stereocenters. The third-order valence-electron chi connectivity index (χ3n) is 3.44. The molecule has 0 saturated heterocycles. The summed E-state index contributed by atoms with van der Waals surface area (Å²) in [6.45, 7) is 0.242. The Morgan fingerprint density at radius 1 is 1.28 bits per heavy atom. The van der Waals surface area contributed by atoms with Crippen molar-refractivity contribution in [2.45, 2.75) is 6.61 Å². The topological polar surface area (TPSA) is 111 Å². The predicted molar refractivity (Wildman–Crippen MR) is 92.9 cm³/mol. The van der Waals surface area contributed by atoms with Crippen LogP contribution in [-0.4, -0.2) is 49.3 Å². The molecule has 1 aromatic heterocycles. The summed E-state index contributed by atoms with van der Waals surface area (Å²) in [6.07, 6.45) is 2.36.